The van der Waals surface area contributed by atoms with Crippen LogP contribution >= 0.6 is 11.6 Å². The van der Waals surface area contributed by atoms with Gasteiger partial charge in [0.2, 0.25) is 0 Å². The summed E-state index contributed by atoms with van der Waals surface area (Å²) >= 11 is 6.04. The van der Waals surface area contributed by atoms with Crippen molar-refractivity contribution in [3.8, 4) is 0 Å². The second-order valence-corrected chi connectivity index (χ2v) is 4.87. The molecule has 0 aliphatic heterocycles. The fourth-order valence-corrected chi connectivity index (χ4v) is 2.36. The maximum atomic E-state index is 13.9. The lowest BCUT2D eigenvalue weighted by atomic mass is 9.94. The molecule has 0 aliphatic carbocycles. The molecule has 20 heavy (non-hydrogen) atoms. The molecule has 0 fully saturated rings. The van der Waals surface area contributed by atoms with Crippen LogP contribution in [0.5, 0.6) is 0 Å². The first kappa shape index (κ1) is 14.9. The van der Waals surface area contributed by atoms with Crippen molar-refractivity contribution in [2.75, 3.05) is 7.05 Å². The van der Waals surface area contributed by atoms with Gasteiger partial charge in [0.15, 0.2) is 11.6 Å². The zero-order valence-electron chi connectivity index (χ0n) is 11.0. The highest BCUT2D eigenvalue weighted by atomic mass is 35.5. The van der Waals surface area contributed by atoms with Crippen LogP contribution in [0.25, 0.3) is 0 Å². The van der Waals surface area contributed by atoms with Crippen molar-refractivity contribution in [3.05, 3.63) is 69.5 Å². The van der Waals surface area contributed by atoms with Gasteiger partial charge in [0.25, 0.3) is 0 Å². The number of halogens is 4. The average Bonchev–Trinajstić information content (AvgIpc) is 2.41. The van der Waals surface area contributed by atoms with Crippen LogP contribution in [0.1, 0.15) is 22.7 Å². The van der Waals surface area contributed by atoms with Crippen molar-refractivity contribution in [2.45, 2.75) is 13.0 Å². The zero-order chi connectivity index (χ0) is 14.9. The topological polar surface area (TPSA) is 12.0 Å². The van der Waals surface area contributed by atoms with Crippen molar-refractivity contribution in [1.29, 1.82) is 0 Å². The fourth-order valence-electron chi connectivity index (χ4n) is 2.17. The Labute approximate surface area is 120 Å². The quantitative estimate of drug-likeness (QED) is 0.830. The lowest BCUT2D eigenvalue weighted by molar-refractivity contribution is 0.483. The van der Waals surface area contributed by atoms with Crippen LogP contribution in [0.2, 0.25) is 5.02 Å². The molecular weight excluding hydrogens is 287 g/mol. The lowest BCUT2D eigenvalue weighted by Crippen LogP contribution is -2.20. The van der Waals surface area contributed by atoms with Gasteiger partial charge in [0, 0.05) is 16.7 Å². The van der Waals surface area contributed by atoms with Crippen LogP contribution in [-0.2, 0) is 0 Å². The van der Waals surface area contributed by atoms with E-state index in [9.17, 15) is 13.2 Å². The molecule has 0 amide bonds. The van der Waals surface area contributed by atoms with Crippen molar-refractivity contribution in [2.24, 2.45) is 0 Å². The van der Waals surface area contributed by atoms with Gasteiger partial charge in [-0.15, -0.1) is 0 Å². The molecule has 0 aliphatic rings. The van der Waals surface area contributed by atoms with Crippen LogP contribution in [0.15, 0.2) is 30.3 Å². The van der Waals surface area contributed by atoms with Gasteiger partial charge in [-0.05, 0) is 37.2 Å². The zero-order valence-corrected chi connectivity index (χ0v) is 11.7. The SMILES string of the molecule is CNC(c1cc(F)c(F)cc1F)c1cccc(Cl)c1C. The van der Waals surface area contributed by atoms with Crippen LogP contribution in [0.4, 0.5) is 13.2 Å². The van der Waals surface area contributed by atoms with Crippen LogP contribution in [-0.4, -0.2) is 7.05 Å². The van der Waals surface area contributed by atoms with E-state index in [1.165, 1.54) is 0 Å². The third-order valence-corrected chi connectivity index (χ3v) is 3.67. The van der Waals surface area contributed by atoms with E-state index in [0.29, 0.717) is 16.7 Å². The minimum atomic E-state index is -1.20. The molecule has 2 aromatic rings. The Bertz CT molecular complexity index is 643. The molecule has 2 aromatic carbocycles. The van der Waals surface area contributed by atoms with Crippen LogP contribution in [0.3, 0.4) is 0 Å². The standard InChI is InChI=1S/C15H13ClF3N/c1-8-9(4-3-5-11(8)16)15(20-2)10-6-13(18)14(19)7-12(10)17/h3-7,15,20H,1-2H3. The van der Waals surface area contributed by atoms with Crippen molar-refractivity contribution in [3.63, 3.8) is 0 Å². The second-order valence-electron chi connectivity index (χ2n) is 4.46. The molecule has 5 heteroatoms. The van der Waals surface area contributed by atoms with Crippen molar-refractivity contribution >= 4 is 11.6 Å². The molecule has 0 spiro atoms. The van der Waals surface area contributed by atoms with Gasteiger partial charge in [-0.1, -0.05) is 23.7 Å². The largest absolute Gasteiger partial charge is 0.309 e. The molecule has 1 atom stereocenters. The smallest absolute Gasteiger partial charge is 0.161 e. The fraction of sp³-hybridized carbons (Fsp3) is 0.200. The van der Waals surface area contributed by atoms with Crippen molar-refractivity contribution in [1.82, 2.24) is 5.32 Å². The number of nitrogens with one attached hydrogen (secondary N) is 1. The maximum Gasteiger partial charge on any atom is 0.161 e. The highest BCUT2D eigenvalue weighted by Crippen LogP contribution is 2.30. The molecule has 0 heterocycles. The summed E-state index contributed by atoms with van der Waals surface area (Å²) in [7, 11) is 1.62. The third-order valence-electron chi connectivity index (χ3n) is 3.26. The Morgan fingerprint density at radius 1 is 1.00 bits per heavy atom. The number of hydrogen-bond acceptors (Lipinski definition) is 1. The van der Waals surface area contributed by atoms with E-state index in [4.69, 9.17) is 11.6 Å². The number of benzene rings is 2. The minimum Gasteiger partial charge on any atom is -0.309 e. The van der Waals surface area contributed by atoms with E-state index in [2.05, 4.69) is 5.32 Å². The molecule has 1 nitrogen and oxygen atoms in total. The molecular formula is C15H13ClF3N. The summed E-state index contributed by atoms with van der Waals surface area (Å²) in [5.74, 6) is -3.09. The summed E-state index contributed by atoms with van der Waals surface area (Å²) in [6, 6.07) is 6.02. The van der Waals surface area contributed by atoms with Gasteiger partial charge in [-0.2, -0.15) is 0 Å². The van der Waals surface area contributed by atoms with Gasteiger partial charge >= 0.3 is 0 Å². The van der Waals surface area contributed by atoms with Crippen molar-refractivity contribution < 1.29 is 13.2 Å². The molecule has 1 N–H and O–H groups in total. The third kappa shape index (κ3) is 2.67. The summed E-state index contributed by atoms with van der Waals surface area (Å²) < 4.78 is 40.3. The number of rotatable bonds is 3. The van der Waals surface area contributed by atoms with E-state index >= 15 is 0 Å². The van der Waals surface area contributed by atoms with Gasteiger partial charge < -0.3 is 5.32 Å². The summed E-state index contributed by atoms with van der Waals surface area (Å²) in [6.07, 6.45) is 0. The van der Waals surface area contributed by atoms with Gasteiger partial charge in [-0.25, -0.2) is 13.2 Å². The highest BCUT2D eigenvalue weighted by Gasteiger charge is 2.21. The Balaban J connectivity index is 2.58. The maximum absolute atomic E-state index is 13.9. The number of hydrogen-bond donors (Lipinski definition) is 1. The first-order valence-electron chi connectivity index (χ1n) is 6.02. The molecule has 0 saturated carbocycles. The van der Waals surface area contributed by atoms with Crippen LogP contribution in [0, 0.1) is 24.4 Å². The van der Waals surface area contributed by atoms with E-state index < -0.39 is 23.5 Å². The lowest BCUT2D eigenvalue weighted by Gasteiger charge is -2.20. The molecule has 0 radical (unpaired) electrons. The predicted molar refractivity (Wildman–Crippen MR) is 73.4 cm³/mol. The van der Waals surface area contributed by atoms with Gasteiger partial charge in [0.1, 0.15) is 5.82 Å². The predicted octanol–water partition coefficient (Wildman–Crippen LogP) is 4.37. The molecule has 0 saturated heterocycles. The summed E-state index contributed by atoms with van der Waals surface area (Å²) in [5, 5.41) is 3.44. The molecule has 0 aromatic heterocycles. The summed E-state index contributed by atoms with van der Waals surface area (Å²) in [4.78, 5) is 0. The Hall–Kier alpha value is -1.52. The van der Waals surface area contributed by atoms with E-state index in [-0.39, 0.29) is 5.56 Å². The van der Waals surface area contributed by atoms with Crippen LogP contribution < -0.4 is 5.32 Å². The molecule has 0 bridgehead atoms. The first-order chi connectivity index (χ1) is 9.45. The summed E-state index contributed by atoms with van der Waals surface area (Å²) in [6.45, 7) is 1.79. The second kappa shape index (κ2) is 5.85. The Morgan fingerprint density at radius 3 is 2.30 bits per heavy atom. The molecule has 1 unspecified atom stereocenters. The van der Waals surface area contributed by atoms with Gasteiger partial charge in [0.05, 0.1) is 6.04 Å². The summed E-state index contributed by atoms with van der Waals surface area (Å²) in [5.41, 5.74) is 1.51. The van der Waals surface area contributed by atoms with E-state index in [1.807, 2.05) is 0 Å². The highest BCUT2D eigenvalue weighted by molar-refractivity contribution is 6.31. The van der Waals surface area contributed by atoms with E-state index in [1.54, 1.807) is 32.2 Å². The van der Waals surface area contributed by atoms with E-state index in [0.717, 1.165) is 11.6 Å². The molecule has 2 rings (SSSR count). The monoisotopic (exact) mass is 299 g/mol. The molecule has 106 valence electrons. The Kier molecular flexibility index (Phi) is 4.35. The normalized spacial score (nSPS) is 12.5. The average molecular weight is 300 g/mol. The Morgan fingerprint density at radius 2 is 1.65 bits per heavy atom. The minimum absolute atomic E-state index is 0.0387. The first-order valence-corrected chi connectivity index (χ1v) is 6.40. The van der Waals surface area contributed by atoms with Gasteiger partial charge in [-0.3, -0.25) is 0 Å².